The largest absolute Gasteiger partial charge is 0.390 e. The van der Waals surface area contributed by atoms with Gasteiger partial charge in [-0.25, -0.2) is 0 Å². The van der Waals surface area contributed by atoms with Gasteiger partial charge in [0, 0.05) is 26.2 Å². The molecule has 0 aromatic rings. The molecular formula is C14H32O2Zr. The van der Waals surface area contributed by atoms with Gasteiger partial charge in [0.2, 0.25) is 0 Å². The summed E-state index contributed by atoms with van der Waals surface area (Å²) in [4.78, 5) is 0. The molecule has 17 heavy (non-hydrogen) atoms. The average Bonchev–Trinajstić information content (AvgIpc) is 2.37. The van der Waals surface area contributed by atoms with Crippen LogP contribution in [0.5, 0.6) is 0 Å². The molecule has 0 amide bonds. The van der Waals surface area contributed by atoms with Gasteiger partial charge < -0.3 is 10.2 Å². The SMILES string of the molecule is CCC(O)(CC)CC.CCC(O)(CC)CC.[Zr]. The fourth-order valence-corrected chi connectivity index (χ4v) is 1.50. The van der Waals surface area contributed by atoms with Crippen molar-refractivity contribution in [2.45, 2.75) is 91.3 Å². The van der Waals surface area contributed by atoms with Crippen molar-refractivity contribution in [1.82, 2.24) is 0 Å². The monoisotopic (exact) mass is 322 g/mol. The Hall–Kier alpha value is 0.803. The molecule has 3 heteroatoms. The zero-order chi connectivity index (χ0) is 13.2. The number of hydrogen-bond donors (Lipinski definition) is 2. The number of aliphatic hydroxyl groups is 2. The van der Waals surface area contributed by atoms with E-state index in [0.717, 1.165) is 38.5 Å². The summed E-state index contributed by atoms with van der Waals surface area (Å²) in [6, 6.07) is 0. The van der Waals surface area contributed by atoms with Gasteiger partial charge in [-0.1, -0.05) is 41.5 Å². The molecule has 0 bridgehead atoms. The van der Waals surface area contributed by atoms with Crippen molar-refractivity contribution in [2.24, 2.45) is 0 Å². The molecular weight excluding hydrogens is 291 g/mol. The Morgan fingerprint density at radius 1 is 0.529 bits per heavy atom. The van der Waals surface area contributed by atoms with Gasteiger partial charge in [0.05, 0.1) is 11.2 Å². The minimum Gasteiger partial charge on any atom is -0.390 e. The van der Waals surface area contributed by atoms with Gasteiger partial charge in [-0.2, -0.15) is 0 Å². The maximum atomic E-state index is 9.44. The summed E-state index contributed by atoms with van der Waals surface area (Å²) in [6.07, 6.45) is 5.25. The standard InChI is InChI=1S/2C7H16O.Zr/c2*1-4-7(8,5-2)6-3;/h2*8H,4-6H2,1-3H3;. The van der Waals surface area contributed by atoms with Crippen LogP contribution in [0.2, 0.25) is 0 Å². The van der Waals surface area contributed by atoms with Crippen LogP contribution in [0.25, 0.3) is 0 Å². The van der Waals surface area contributed by atoms with Crippen LogP contribution >= 0.6 is 0 Å². The summed E-state index contributed by atoms with van der Waals surface area (Å²) >= 11 is 0. The number of rotatable bonds is 6. The van der Waals surface area contributed by atoms with E-state index in [0.29, 0.717) is 0 Å². The van der Waals surface area contributed by atoms with E-state index in [-0.39, 0.29) is 37.4 Å². The van der Waals surface area contributed by atoms with E-state index < -0.39 is 0 Å². The quantitative estimate of drug-likeness (QED) is 0.778. The van der Waals surface area contributed by atoms with Gasteiger partial charge in [0.15, 0.2) is 0 Å². The zero-order valence-corrected chi connectivity index (χ0v) is 15.1. The van der Waals surface area contributed by atoms with Crippen LogP contribution in [0.15, 0.2) is 0 Å². The summed E-state index contributed by atoms with van der Waals surface area (Å²) in [5.41, 5.74) is -0.750. The van der Waals surface area contributed by atoms with Crippen LogP contribution in [0.1, 0.15) is 80.1 Å². The van der Waals surface area contributed by atoms with Gasteiger partial charge in [-0.3, -0.25) is 0 Å². The summed E-state index contributed by atoms with van der Waals surface area (Å²) in [6.45, 7) is 12.1. The third kappa shape index (κ3) is 10.4. The van der Waals surface area contributed by atoms with E-state index in [2.05, 4.69) is 0 Å². The molecule has 0 aliphatic rings. The summed E-state index contributed by atoms with van der Waals surface area (Å²) in [5.74, 6) is 0. The molecule has 0 aliphatic heterocycles. The summed E-state index contributed by atoms with van der Waals surface area (Å²) < 4.78 is 0. The molecule has 0 rings (SSSR count). The second-order valence-electron chi connectivity index (χ2n) is 4.57. The molecule has 0 saturated carbocycles. The molecule has 0 saturated heterocycles. The molecule has 0 aromatic carbocycles. The Balaban J connectivity index is -0.000000218. The molecule has 104 valence electrons. The molecule has 0 atom stereocenters. The normalized spacial score (nSPS) is 11.3. The van der Waals surface area contributed by atoms with E-state index in [9.17, 15) is 10.2 Å². The first-order valence-corrected chi connectivity index (χ1v) is 6.81. The Morgan fingerprint density at radius 2 is 0.647 bits per heavy atom. The van der Waals surface area contributed by atoms with E-state index in [4.69, 9.17) is 0 Å². The van der Waals surface area contributed by atoms with Crippen molar-refractivity contribution >= 4 is 0 Å². The molecule has 0 spiro atoms. The van der Waals surface area contributed by atoms with Gasteiger partial charge in [-0.15, -0.1) is 0 Å². The third-order valence-corrected chi connectivity index (χ3v) is 3.95. The first kappa shape index (κ1) is 22.9. The van der Waals surface area contributed by atoms with Gasteiger partial charge >= 0.3 is 0 Å². The predicted octanol–water partition coefficient (Wildman–Crippen LogP) is 3.89. The maximum Gasteiger partial charge on any atom is 0.0640 e. The average molecular weight is 324 g/mol. The molecule has 2 nitrogen and oxygen atoms in total. The van der Waals surface area contributed by atoms with E-state index in [1.165, 1.54) is 0 Å². The Labute approximate surface area is 127 Å². The van der Waals surface area contributed by atoms with Crippen molar-refractivity contribution in [3.8, 4) is 0 Å². The van der Waals surface area contributed by atoms with Crippen LogP contribution in [0.4, 0.5) is 0 Å². The first-order valence-electron chi connectivity index (χ1n) is 6.81. The van der Waals surface area contributed by atoms with Gasteiger partial charge in [0.1, 0.15) is 0 Å². The second-order valence-corrected chi connectivity index (χ2v) is 4.57. The third-order valence-electron chi connectivity index (χ3n) is 3.95. The van der Waals surface area contributed by atoms with Crippen LogP contribution in [-0.4, -0.2) is 21.4 Å². The second kappa shape index (κ2) is 11.9. The Bertz CT molecular complexity index is 118. The van der Waals surface area contributed by atoms with Crippen LogP contribution in [0, 0.1) is 0 Å². The van der Waals surface area contributed by atoms with Crippen molar-refractivity contribution in [1.29, 1.82) is 0 Å². The predicted molar refractivity (Wildman–Crippen MR) is 71.6 cm³/mol. The first-order chi connectivity index (χ1) is 7.36. The molecule has 0 unspecified atom stereocenters. The topological polar surface area (TPSA) is 40.5 Å². The zero-order valence-electron chi connectivity index (χ0n) is 12.6. The van der Waals surface area contributed by atoms with Crippen molar-refractivity contribution < 1.29 is 36.4 Å². The molecule has 2 N–H and O–H groups in total. The van der Waals surface area contributed by atoms with Crippen molar-refractivity contribution in [2.75, 3.05) is 0 Å². The fraction of sp³-hybridized carbons (Fsp3) is 1.00. The smallest absolute Gasteiger partial charge is 0.0640 e. The van der Waals surface area contributed by atoms with E-state index >= 15 is 0 Å². The minimum atomic E-state index is -0.375. The number of hydrogen-bond acceptors (Lipinski definition) is 2. The Kier molecular flexibility index (Phi) is 16.0. The molecule has 0 radical (unpaired) electrons. The minimum absolute atomic E-state index is 0. The molecule has 0 aromatic heterocycles. The molecule has 0 heterocycles. The molecule has 0 fully saturated rings. The Morgan fingerprint density at radius 3 is 0.647 bits per heavy atom. The van der Waals surface area contributed by atoms with Gasteiger partial charge in [0.25, 0.3) is 0 Å². The van der Waals surface area contributed by atoms with E-state index in [1.807, 2.05) is 41.5 Å². The van der Waals surface area contributed by atoms with Gasteiger partial charge in [-0.05, 0) is 38.5 Å². The summed E-state index contributed by atoms with van der Waals surface area (Å²) in [7, 11) is 0. The van der Waals surface area contributed by atoms with Crippen LogP contribution < -0.4 is 0 Å². The van der Waals surface area contributed by atoms with Crippen LogP contribution in [0.3, 0.4) is 0 Å². The van der Waals surface area contributed by atoms with Crippen LogP contribution in [-0.2, 0) is 26.2 Å². The van der Waals surface area contributed by atoms with Crippen molar-refractivity contribution in [3.63, 3.8) is 0 Å². The summed E-state index contributed by atoms with van der Waals surface area (Å²) in [5, 5.41) is 18.9. The van der Waals surface area contributed by atoms with Crippen molar-refractivity contribution in [3.05, 3.63) is 0 Å². The molecule has 0 aliphatic carbocycles. The van der Waals surface area contributed by atoms with E-state index in [1.54, 1.807) is 0 Å². The maximum absolute atomic E-state index is 9.44. The fourth-order valence-electron chi connectivity index (χ4n) is 1.50.